The van der Waals surface area contributed by atoms with Crippen LogP contribution < -0.4 is 4.74 Å². The van der Waals surface area contributed by atoms with Crippen molar-refractivity contribution in [1.82, 2.24) is 4.31 Å². The number of hydrogen-bond acceptors (Lipinski definition) is 5. The van der Waals surface area contributed by atoms with Gasteiger partial charge in [0.05, 0.1) is 19.1 Å². The zero-order valence-electron chi connectivity index (χ0n) is 17.1. The van der Waals surface area contributed by atoms with Crippen LogP contribution in [0.4, 0.5) is 4.39 Å². The zero-order valence-corrected chi connectivity index (χ0v) is 18.0. The number of ether oxygens (including phenoxy) is 2. The summed E-state index contributed by atoms with van der Waals surface area (Å²) in [6.07, 6.45) is 1.03. The van der Waals surface area contributed by atoms with Crippen molar-refractivity contribution >= 4 is 16.0 Å². The van der Waals surface area contributed by atoms with Crippen LogP contribution in [-0.2, 0) is 26.0 Å². The Kier molecular flexibility index (Phi) is 6.77. The van der Waals surface area contributed by atoms with E-state index < -0.39 is 21.3 Å². The minimum absolute atomic E-state index is 0.117. The Morgan fingerprint density at radius 3 is 2.30 bits per heavy atom. The first-order valence-electron chi connectivity index (χ1n) is 9.87. The van der Waals surface area contributed by atoms with E-state index in [-0.39, 0.29) is 30.6 Å². The number of nitrogens with zero attached hydrogens (tertiary/aromatic N) is 1. The van der Waals surface area contributed by atoms with Gasteiger partial charge in [-0.05, 0) is 56.0 Å². The molecule has 1 aliphatic heterocycles. The summed E-state index contributed by atoms with van der Waals surface area (Å²) in [5.74, 6) is -0.392. The number of piperidine rings is 1. The van der Waals surface area contributed by atoms with E-state index in [1.165, 1.54) is 22.5 Å². The molecule has 0 radical (unpaired) electrons. The van der Waals surface area contributed by atoms with E-state index in [9.17, 15) is 17.6 Å². The van der Waals surface area contributed by atoms with Crippen molar-refractivity contribution in [3.63, 3.8) is 0 Å². The molecule has 0 aromatic heterocycles. The van der Waals surface area contributed by atoms with Crippen LogP contribution in [0.1, 0.15) is 25.3 Å². The minimum Gasteiger partial charge on any atom is -0.497 e. The van der Waals surface area contributed by atoms with Gasteiger partial charge in [-0.3, -0.25) is 4.79 Å². The number of carbonyl (C=O) groups is 1. The summed E-state index contributed by atoms with van der Waals surface area (Å²) in [4.78, 5) is 12.5. The van der Waals surface area contributed by atoms with Crippen LogP contribution in [0.15, 0.2) is 53.4 Å². The number of hydrogen-bond donors (Lipinski definition) is 0. The molecular weight excluding hydrogens is 409 g/mol. The fourth-order valence-corrected chi connectivity index (χ4v) is 5.33. The molecule has 0 N–H and O–H groups in total. The number of halogens is 1. The maximum absolute atomic E-state index is 14.1. The molecule has 0 aliphatic carbocycles. The quantitative estimate of drug-likeness (QED) is 0.623. The predicted octanol–water partition coefficient (Wildman–Crippen LogP) is 3.41. The van der Waals surface area contributed by atoms with Crippen molar-refractivity contribution < 1.29 is 27.1 Å². The Hall–Kier alpha value is -2.45. The molecule has 0 saturated carbocycles. The lowest BCUT2D eigenvalue weighted by Crippen LogP contribution is -2.48. The molecule has 2 aromatic carbocycles. The molecule has 0 spiro atoms. The van der Waals surface area contributed by atoms with E-state index in [2.05, 4.69) is 0 Å². The van der Waals surface area contributed by atoms with Crippen molar-refractivity contribution in [2.75, 3.05) is 26.8 Å². The molecule has 8 heteroatoms. The SMILES string of the molecule is CCOC(=O)C1(Cc2ccc(OC)cc2)CCN(S(=O)(=O)c2ccccc2F)CC1. The molecule has 0 amide bonds. The van der Waals surface area contributed by atoms with Crippen molar-refractivity contribution in [1.29, 1.82) is 0 Å². The second kappa shape index (κ2) is 9.14. The number of rotatable bonds is 7. The molecular formula is C22H26FNO5S. The molecule has 0 unspecified atom stereocenters. The van der Waals surface area contributed by atoms with Crippen molar-refractivity contribution in [2.45, 2.75) is 31.1 Å². The van der Waals surface area contributed by atoms with E-state index in [4.69, 9.17) is 9.47 Å². The summed E-state index contributed by atoms with van der Waals surface area (Å²) in [6.45, 7) is 2.23. The second-order valence-electron chi connectivity index (χ2n) is 7.36. The lowest BCUT2D eigenvalue weighted by atomic mass is 9.74. The van der Waals surface area contributed by atoms with Gasteiger partial charge in [0.25, 0.3) is 0 Å². The van der Waals surface area contributed by atoms with E-state index >= 15 is 0 Å². The van der Waals surface area contributed by atoms with Gasteiger partial charge in [0.2, 0.25) is 10.0 Å². The standard InChI is InChI=1S/C22H26FNO5S/c1-3-29-21(25)22(16-17-8-10-18(28-2)11-9-17)12-14-24(15-13-22)30(26,27)20-7-5-4-6-19(20)23/h4-11H,3,12-16H2,1-2H3. The van der Waals surface area contributed by atoms with Crippen molar-refractivity contribution in [3.05, 3.63) is 59.9 Å². The molecule has 1 aliphatic rings. The van der Waals surface area contributed by atoms with Crippen molar-refractivity contribution in [3.8, 4) is 5.75 Å². The number of carbonyl (C=O) groups excluding carboxylic acids is 1. The summed E-state index contributed by atoms with van der Waals surface area (Å²) >= 11 is 0. The molecule has 30 heavy (non-hydrogen) atoms. The molecule has 162 valence electrons. The number of esters is 1. The highest BCUT2D eigenvalue weighted by Gasteiger charge is 2.45. The van der Waals surface area contributed by atoms with Gasteiger partial charge in [0, 0.05) is 13.1 Å². The third-order valence-electron chi connectivity index (χ3n) is 5.54. The first-order valence-corrected chi connectivity index (χ1v) is 11.3. The summed E-state index contributed by atoms with van der Waals surface area (Å²) in [7, 11) is -2.39. The third-order valence-corrected chi connectivity index (χ3v) is 7.48. The van der Waals surface area contributed by atoms with Gasteiger partial charge in [-0.2, -0.15) is 4.31 Å². The lowest BCUT2D eigenvalue weighted by molar-refractivity contribution is -0.158. The Bertz CT molecular complexity index is 983. The van der Waals surface area contributed by atoms with Gasteiger partial charge >= 0.3 is 5.97 Å². The summed E-state index contributed by atoms with van der Waals surface area (Å²) < 4.78 is 51.6. The Morgan fingerprint density at radius 2 is 1.73 bits per heavy atom. The normalized spacial score (nSPS) is 16.8. The van der Waals surface area contributed by atoms with Gasteiger partial charge in [0.1, 0.15) is 16.5 Å². The molecule has 6 nitrogen and oxygen atoms in total. The van der Waals surface area contributed by atoms with Crippen LogP contribution in [0.2, 0.25) is 0 Å². The highest BCUT2D eigenvalue weighted by Crippen LogP contribution is 2.38. The first-order chi connectivity index (χ1) is 14.3. The largest absolute Gasteiger partial charge is 0.497 e. The summed E-state index contributed by atoms with van der Waals surface area (Å²) in [6, 6.07) is 12.8. The summed E-state index contributed by atoms with van der Waals surface area (Å²) in [5, 5.41) is 0. The van der Waals surface area contributed by atoms with E-state index in [1.807, 2.05) is 24.3 Å². The Labute approximate surface area is 176 Å². The summed E-state index contributed by atoms with van der Waals surface area (Å²) in [5.41, 5.74) is 0.112. The molecule has 2 aromatic rings. The smallest absolute Gasteiger partial charge is 0.312 e. The maximum atomic E-state index is 14.1. The van der Waals surface area contributed by atoms with E-state index in [1.54, 1.807) is 14.0 Å². The van der Waals surface area contributed by atoms with Gasteiger partial charge in [0.15, 0.2) is 0 Å². The van der Waals surface area contributed by atoms with Crippen LogP contribution >= 0.6 is 0 Å². The number of sulfonamides is 1. The highest BCUT2D eigenvalue weighted by molar-refractivity contribution is 7.89. The lowest BCUT2D eigenvalue weighted by Gasteiger charge is -2.39. The van der Waals surface area contributed by atoms with Gasteiger partial charge < -0.3 is 9.47 Å². The fourth-order valence-electron chi connectivity index (χ4n) is 3.82. The second-order valence-corrected chi connectivity index (χ2v) is 9.27. The fraction of sp³-hybridized carbons (Fsp3) is 0.409. The zero-order chi connectivity index (χ0) is 21.8. The maximum Gasteiger partial charge on any atom is 0.312 e. The monoisotopic (exact) mass is 435 g/mol. The Morgan fingerprint density at radius 1 is 1.10 bits per heavy atom. The minimum atomic E-state index is -3.97. The van der Waals surface area contributed by atoms with Crippen LogP contribution in [0, 0.1) is 11.2 Å². The topological polar surface area (TPSA) is 72.9 Å². The molecule has 1 fully saturated rings. The van der Waals surface area contributed by atoms with Gasteiger partial charge in [-0.25, -0.2) is 12.8 Å². The van der Waals surface area contributed by atoms with Crippen LogP contribution in [-0.4, -0.2) is 45.5 Å². The molecule has 1 heterocycles. The highest BCUT2D eigenvalue weighted by atomic mass is 32.2. The molecule has 3 rings (SSSR count). The van der Waals surface area contributed by atoms with E-state index in [0.717, 1.165) is 17.4 Å². The molecule has 1 saturated heterocycles. The third kappa shape index (κ3) is 4.49. The van der Waals surface area contributed by atoms with Crippen LogP contribution in [0.3, 0.4) is 0 Å². The van der Waals surface area contributed by atoms with Crippen molar-refractivity contribution in [2.24, 2.45) is 5.41 Å². The van der Waals surface area contributed by atoms with Gasteiger partial charge in [-0.15, -0.1) is 0 Å². The molecule has 0 atom stereocenters. The van der Waals surface area contributed by atoms with Crippen LogP contribution in [0.5, 0.6) is 5.75 Å². The Balaban J connectivity index is 1.82. The number of benzene rings is 2. The number of methoxy groups -OCH3 is 1. The average molecular weight is 436 g/mol. The average Bonchev–Trinajstić information content (AvgIpc) is 2.75. The van der Waals surface area contributed by atoms with E-state index in [0.29, 0.717) is 19.3 Å². The predicted molar refractivity (Wildman–Crippen MR) is 110 cm³/mol. The van der Waals surface area contributed by atoms with Crippen LogP contribution in [0.25, 0.3) is 0 Å². The molecule has 0 bridgehead atoms. The van der Waals surface area contributed by atoms with Gasteiger partial charge in [-0.1, -0.05) is 24.3 Å². The first kappa shape index (κ1) is 22.2.